The number of halogens is 3. The van der Waals surface area contributed by atoms with E-state index >= 15 is 0 Å². The normalized spacial score (nSPS) is 11.0. The molecule has 0 aliphatic heterocycles. The summed E-state index contributed by atoms with van der Waals surface area (Å²) in [6.07, 6.45) is 0. The third kappa shape index (κ3) is 3.73. The molecule has 120 valence electrons. The van der Waals surface area contributed by atoms with Crippen LogP contribution in [0.1, 0.15) is 23.9 Å². The summed E-state index contributed by atoms with van der Waals surface area (Å²) >= 11 is -1.66. The number of nitriles is 1. The lowest BCUT2D eigenvalue weighted by molar-refractivity contribution is -0.142. The van der Waals surface area contributed by atoms with Crippen LogP contribution in [0.4, 0.5) is 8.78 Å². The molecule has 2 rings (SSSR count). The molecule has 0 saturated heterocycles. The molecule has 1 heterocycles. The summed E-state index contributed by atoms with van der Waals surface area (Å²) in [6, 6.07) is 5.55. The minimum atomic E-state index is -3.09. The molecule has 0 fully saturated rings. The Kier molecular flexibility index (Phi) is 5.09. The highest BCUT2D eigenvalue weighted by Crippen LogP contribution is 2.40. The maximum absolute atomic E-state index is 13.8. The number of alkyl halides is 3. The molecule has 0 spiro atoms. The quantitative estimate of drug-likeness (QED) is 0.407. The number of benzene rings is 1. The van der Waals surface area contributed by atoms with Crippen LogP contribution in [-0.2, 0) is 20.1 Å². The second-order valence-corrected chi connectivity index (χ2v) is 6.38. The molecule has 0 atom stereocenters. The van der Waals surface area contributed by atoms with Gasteiger partial charge >= 0.3 is 9.90 Å². The lowest BCUT2D eigenvalue weighted by atomic mass is 10.1. The molecule has 7 nitrogen and oxygen atoms in total. The summed E-state index contributed by atoms with van der Waals surface area (Å²) in [5.74, 6) is -0.306. The zero-order chi connectivity index (χ0) is 17.0. The molecule has 0 unspecified atom stereocenters. The molecule has 2 aromatic rings. The van der Waals surface area contributed by atoms with Crippen LogP contribution in [-0.4, -0.2) is 30.7 Å². The molecular weight excluding hydrogens is 423 g/mol. The lowest BCUT2D eigenvalue weighted by Gasteiger charge is -2.14. The molecular formula is C13H10F2IN5O2. The van der Waals surface area contributed by atoms with Gasteiger partial charge < -0.3 is 4.74 Å². The monoisotopic (exact) mass is 433 g/mol. The van der Waals surface area contributed by atoms with Crippen molar-refractivity contribution in [1.29, 1.82) is 5.26 Å². The summed E-state index contributed by atoms with van der Waals surface area (Å²) in [7, 11) is 0. The number of carbonyl (C=O) groups is 1. The van der Waals surface area contributed by atoms with Gasteiger partial charge in [-0.2, -0.15) is 18.7 Å². The van der Waals surface area contributed by atoms with Crippen LogP contribution < -0.4 is 0 Å². The fourth-order valence-electron chi connectivity index (χ4n) is 1.74. The van der Waals surface area contributed by atoms with Gasteiger partial charge in [-0.25, -0.2) is 0 Å². The molecule has 10 heteroatoms. The van der Waals surface area contributed by atoms with Crippen molar-refractivity contribution in [2.24, 2.45) is 0 Å². The Hall–Kier alpha value is -2.29. The Morgan fingerprint density at radius 2 is 2.30 bits per heavy atom. The molecule has 0 aliphatic rings. The third-order valence-corrected chi connectivity index (χ3v) is 4.32. The average Bonchev–Trinajstić information content (AvgIpc) is 3.00. The van der Waals surface area contributed by atoms with E-state index in [1.54, 1.807) is 6.07 Å². The molecule has 0 radical (unpaired) electrons. The predicted molar refractivity (Wildman–Crippen MR) is 84.4 cm³/mol. The molecule has 0 N–H and O–H groups in total. The van der Waals surface area contributed by atoms with Crippen molar-refractivity contribution in [3.05, 3.63) is 35.2 Å². The van der Waals surface area contributed by atoms with E-state index in [0.29, 0.717) is 5.69 Å². The van der Waals surface area contributed by atoms with Gasteiger partial charge in [0.25, 0.3) is 0 Å². The van der Waals surface area contributed by atoms with E-state index in [1.807, 2.05) is 0 Å². The van der Waals surface area contributed by atoms with E-state index < -0.39 is 30.6 Å². The van der Waals surface area contributed by atoms with Gasteiger partial charge in [0, 0.05) is 12.5 Å². The van der Waals surface area contributed by atoms with Gasteiger partial charge in [-0.1, -0.05) is 4.51 Å². The number of hydrogen-bond acceptors (Lipinski definition) is 6. The first-order valence-corrected chi connectivity index (χ1v) is 8.72. The van der Waals surface area contributed by atoms with E-state index in [2.05, 4.69) is 20.0 Å². The first-order valence-electron chi connectivity index (χ1n) is 6.12. The summed E-state index contributed by atoms with van der Waals surface area (Å²) < 4.78 is 33.9. The van der Waals surface area contributed by atoms with Crippen molar-refractivity contribution >= 4 is 31.2 Å². The number of nitrogens with zero attached hydrogens (tertiary/aromatic N) is 5. The number of esters is 1. The first kappa shape index (κ1) is 17.1. The largest absolute Gasteiger partial charge is 0.458 e. The van der Waals surface area contributed by atoms with Gasteiger partial charge in [0.15, 0.2) is 12.4 Å². The maximum Gasteiger partial charge on any atom is 0.317 e. The zero-order valence-corrected chi connectivity index (χ0v) is 14.0. The second-order valence-electron chi connectivity index (χ2n) is 4.26. The summed E-state index contributed by atoms with van der Waals surface area (Å²) in [4.78, 5) is 10.8. The fourth-order valence-corrected chi connectivity index (χ4v) is 2.62. The number of hydrogen-bond donors (Lipinski definition) is 0. The number of aromatic nitrogens is 4. The van der Waals surface area contributed by atoms with E-state index in [1.165, 1.54) is 23.7 Å². The molecule has 23 heavy (non-hydrogen) atoms. The van der Waals surface area contributed by atoms with Crippen LogP contribution in [0.2, 0.25) is 0 Å². The summed E-state index contributed by atoms with van der Waals surface area (Å²) in [5, 5.41) is 20.0. The standard InChI is InChI=1S/C13H10F2IN5O2/c1-8(22)23-7-12-18-19-20-21(12)10-3-4-11(9(5-10)6-17)13(14,15)16-2/h3-5H,2,7H2,1H3. The van der Waals surface area contributed by atoms with Gasteiger partial charge in [-0.15, -0.1) is 5.10 Å². The molecule has 0 saturated carbocycles. The first-order chi connectivity index (χ1) is 10.9. The summed E-state index contributed by atoms with van der Waals surface area (Å²) in [5.41, 5.74) is -0.221. The van der Waals surface area contributed by atoms with Crippen LogP contribution in [0.5, 0.6) is 0 Å². The predicted octanol–water partition coefficient (Wildman–Crippen LogP) is 2.05. The zero-order valence-electron chi connectivity index (χ0n) is 11.8. The highest BCUT2D eigenvalue weighted by atomic mass is 127. The fraction of sp³-hybridized carbons (Fsp3) is 0.231. The average molecular weight is 433 g/mol. The SMILES string of the molecule is C=IC(F)(F)c1ccc(-n2nnnc2COC(C)=O)cc1C#N. The van der Waals surface area contributed by atoms with Gasteiger partial charge in [0.1, 0.15) is 0 Å². The Morgan fingerprint density at radius 1 is 1.57 bits per heavy atom. The summed E-state index contributed by atoms with van der Waals surface area (Å²) in [6.45, 7) is 1.06. The van der Waals surface area contributed by atoms with Gasteiger partial charge in [0.2, 0.25) is 0 Å². The Bertz CT molecular complexity index is 800. The van der Waals surface area contributed by atoms with E-state index in [4.69, 9.17) is 10.00 Å². The lowest BCUT2D eigenvalue weighted by Crippen LogP contribution is -2.10. The van der Waals surface area contributed by atoms with Gasteiger partial charge in [-0.05, 0) is 49.4 Å². The van der Waals surface area contributed by atoms with Crippen LogP contribution in [0.25, 0.3) is 5.69 Å². The van der Waals surface area contributed by atoms with Crippen LogP contribution in [0, 0.1) is 11.3 Å². The third-order valence-electron chi connectivity index (χ3n) is 2.78. The minimum Gasteiger partial charge on any atom is -0.458 e. The Morgan fingerprint density at radius 3 is 2.91 bits per heavy atom. The van der Waals surface area contributed by atoms with Crippen molar-refractivity contribution in [3.8, 4) is 11.8 Å². The molecule has 0 bridgehead atoms. The number of rotatable bonds is 5. The maximum atomic E-state index is 13.8. The van der Waals surface area contributed by atoms with Crippen molar-refractivity contribution in [2.75, 3.05) is 0 Å². The Labute approximate surface area is 139 Å². The smallest absolute Gasteiger partial charge is 0.317 e. The van der Waals surface area contributed by atoms with E-state index in [0.717, 1.165) is 6.07 Å². The Balaban J connectivity index is 2.43. The van der Waals surface area contributed by atoms with Crippen molar-refractivity contribution in [2.45, 2.75) is 17.5 Å². The molecule has 1 aromatic carbocycles. The molecule has 0 aliphatic carbocycles. The van der Waals surface area contributed by atoms with E-state index in [-0.39, 0.29) is 23.6 Å². The number of ether oxygens (including phenoxy) is 1. The topological polar surface area (TPSA) is 93.7 Å². The number of tetrazole rings is 1. The highest BCUT2D eigenvalue weighted by molar-refractivity contribution is 14.2. The van der Waals surface area contributed by atoms with Crippen molar-refractivity contribution in [1.82, 2.24) is 20.2 Å². The van der Waals surface area contributed by atoms with Crippen LogP contribution in [0.3, 0.4) is 0 Å². The van der Waals surface area contributed by atoms with Crippen LogP contribution >= 0.6 is 20.7 Å². The van der Waals surface area contributed by atoms with Crippen LogP contribution in [0.15, 0.2) is 18.2 Å². The van der Waals surface area contributed by atoms with Gasteiger partial charge in [0.05, 0.1) is 17.3 Å². The second kappa shape index (κ2) is 6.86. The molecule has 1 aromatic heterocycles. The van der Waals surface area contributed by atoms with Crippen molar-refractivity contribution in [3.63, 3.8) is 0 Å². The molecule has 0 amide bonds. The van der Waals surface area contributed by atoms with Crippen molar-refractivity contribution < 1.29 is 18.3 Å². The number of carbonyl (C=O) groups excluding carboxylic acids is 1. The van der Waals surface area contributed by atoms with E-state index in [9.17, 15) is 13.6 Å². The van der Waals surface area contributed by atoms with Gasteiger partial charge in [-0.3, -0.25) is 4.79 Å². The highest BCUT2D eigenvalue weighted by Gasteiger charge is 2.31. The minimum absolute atomic E-state index is 0.174.